The summed E-state index contributed by atoms with van der Waals surface area (Å²) in [6, 6.07) is 1.94. The van der Waals surface area contributed by atoms with Crippen LogP contribution in [-0.2, 0) is 0 Å². The number of hydrazine groups is 1. The van der Waals surface area contributed by atoms with Crippen molar-refractivity contribution in [3.63, 3.8) is 0 Å². The van der Waals surface area contributed by atoms with E-state index in [9.17, 15) is 0 Å². The Labute approximate surface area is 58.3 Å². The first-order valence-electron chi connectivity index (χ1n) is 3.14. The van der Waals surface area contributed by atoms with Crippen LogP contribution in [0.15, 0.2) is 18.5 Å². The molecule has 1 aromatic heterocycles. The summed E-state index contributed by atoms with van der Waals surface area (Å²) in [5.74, 6) is 0. The van der Waals surface area contributed by atoms with Crippen molar-refractivity contribution in [2.45, 2.75) is 0 Å². The molecule has 0 bridgehead atoms. The van der Waals surface area contributed by atoms with Gasteiger partial charge in [-0.1, -0.05) is 0 Å². The van der Waals surface area contributed by atoms with Crippen LogP contribution in [0.1, 0.15) is 5.69 Å². The van der Waals surface area contributed by atoms with E-state index in [1.807, 2.05) is 18.5 Å². The SMILES string of the molecule is C1=C(c2cc[nH]n2)CNN1. The molecule has 0 saturated carbocycles. The molecule has 10 heavy (non-hydrogen) atoms. The van der Waals surface area contributed by atoms with Crippen molar-refractivity contribution in [1.82, 2.24) is 21.0 Å². The molecule has 0 spiro atoms. The number of rotatable bonds is 1. The molecule has 1 aliphatic rings. The molecule has 0 atom stereocenters. The Kier molecular flexibility index (Phi) is 1.18. The maximum absolute atomic E-state index is 4.02. The lowest BCUT2D eigenvalue weighted by molar-refractivity contribution is 0.729. The predicted octanol–water partition coefficient (Wildman–Crippen LogP) is -0.142. The van der Waals surface area contributed by atoms with Crippen LogP contribution in [0, 0.1) is 0 Å². The van der Waals surface area contributed by atoms with E-state index < -0.39 is 0 Å². The zero-order chi connectivity index (χ0) is 6.81. The molecule has 3 N–H and O–H groups in total. The van der Waals surface area contributed by atoms with E-state index in [-0.39, 0.29) is 0 Å². The van der Waals surface area contributed by atoms with Crippen molar-refractivity contribution in [3.05, 3.63) is 24.2 Å². The Morgan fingerprint density at radius 2 is 2.50 bits per heavy atom. The van der Waals surface area contributed by atoms with Gasteiger partial charge < -0.3 is 5.43 Å². The molecule has 0 amide bonds. The molecule has 0 aromatic carbocycles. The Hall–Kier alpha value is -1.29. The standard InChI is InChI=1S/C6H8N4/c1-2-7-10-6(1)5-3-8-9-4-5/h1-3,8-9H,4H2,(H,7,10). The van der Waals surface area contributed by atoms with Crippen molar-refractivity contribution < 1.29 is 0 Å². The molecule has 1 aliphatic heterocycles. The Bertz CT molecular complexity index is 236. The molecule has 0 fully saturated rings. The largest absolute Gasteiger partial charge is 0.328 e. The van der Waals surface area contributed by atoms with Gasteiger partial charge in [-0.05, 0) is 6.07 Å². The molecule has 0 unspecified atom stereocenters. The molecule has 4 heteroatoms. The van der Waals surface area contributed by atoms with Crippen LogP contribution in [0.4, 0.5) is 0 Å². The van der Waals surface area contributed by atoms with Crippen molar-refractivity contribution >= 4 is 5.57 Å². The summed E-state index contributed by atoms with van der Waals surface area (Å²) in [5, 5.41) is 6.79. The minimum Gasteiger partial charge on any atom is -0.328 e. The van der Waals surface area contributed by atoms with Crippen molar-refractivity contribution in [1.29, 1.82) is 0 Å². The van der Waals surface area contributed by atoms with Crippen LogP contribution < -0.4 is 10.9 Å². The third-order valence-electron chi connectivity index (χ3n) is 1.46. The number of H-pyrrole nitrogens is 1. The number of aromatic amines is 1. The summed E-state index contributed by atoms with van der Waals surface area (Å²) in [6.45, 7) is 0.838. The smallest absolute Gasteiger partial charge is 0.0908 e. The fourth-order valence-electron chi connectivity index (χ4n) is 0.939. The highest BCUT2D eigenvalue weighted by molar-refractivity contribution is 5.64. The summed E-state index contributed by atoms with van der Waals surface area (Å²) < 4.78 is 0. The molecule has 2 heterocycles. The topological polar surface area (TPSA) is 52.7 Å². The monoisotopic (exact) mass is 136 g/mol. The first kappa shape index (κ1) is 5.49. The minimum atomic E-state index is 0.838. The van der Waals surface area contributed by atoms with E-state index in [0.717, 1.165) is 12.2 Å². The zero-order valence-electron chi connectivity index (χ0n) is 5.39. The highest BCUT2D eigenvalue weighted by Gasteiger charge is 2.06. The molecular weight excluding hydrogens is 128 g/mol. The average Bonchev–Trinajstić information content (AvgIpc) is 2.59. The van der Waals surface area contributed by atoms with E-state index in [4.69, 9.17) is 0 Å². The van der Waals surface area contributed by atoms with Gasteiger partial charge in [0.25, 0.3) is 0 Å². The highest BCUT2D eigenvalue weighted by Crippen LogP contribution is 2.09. The van der Waals surface area contributed by atoms with Gasteiger partial charge >= 0.3 is 0 Å². The molecule has 1 aromatic rings. The summed E-state index contributed by atoms with van der Waals surface area (Å²) in [7, 11) is 0. The van der Waals surface area contributed by atoms with Gasteiger partial charge in [0.2, 0.25) is 0 Å². The molecule has 2 rings (SSSR count). The zero-order valence-corrected chi connectivity index (χ0v) is 5.39. The summed E-state index contributed by atoms with van der Waals surface area (Å²) in [4.78, 5) is 0. The summed E-state index contributed by atoms with van der Waals surface area (Å²) in [6.07, 6.45) is 3.73. The number of nitrogens with one attached hydrogen (secondary N) is 3. The van der Waals surface area contributed by atoms with E-state index >= 15 is 0 Å². The minimum absolute atomic E-state index is 0.838. The van der Waals surface area contributed by atoms with Gasteiger partial charge in [0.15, 0.2) is 0 Å². The Balaban J connectivity index is 2.28. The van der Waals surface area contributed by atoms with E-state index in [0.29, 0.717) is 0 Å². The quantitative estimate of drug-likeness (QED) is 0.503. The van der Waals surface area contributed by atoms with Gasteiger partial charge in [-0.15, -0.1) is 0 Å². The molecular formula is C6H8N4. The lowest BCUT2D eigenvalue weighted by atomic mass is 10.2. The fourth-order valence-corrected chi connectivity index (χ4v) is 0.939. The van der Waals surface area contributed by atoms with Crippen molar-refractivity contribution in [2.24, 2.45) is 0 Å². The normalized spacial score (nSPS) is 16.6. The predicted molar refractivity (Wildman–Crippen MR) is 37.7 cm³/mol. The van der Waals surface area contributed by atoms with Crippen LogP contribution in [-0.4, -0.2) is 16.7 Å². The van der Waals surface area contributed by atoms with E-state index in [2.05, 4.69) is 21.0 Å². The van der Waals surface area contributed by atoms with Crippen LogP contribution in [0.3, 0.4) is 0 Å². The van der Waals surface area contributed by atoms with Gasteiger partial charge in [-0.25, -0.2) is 5.43 Å². The van der Waals surface area contributed by atoms with Crippen molar-refractivity contribution in [2.75, 3.05) is 6.54 Å². The van der Waals surface area contributed by atoms with Crippen molar-refractivity contribution in [3.8, 4) is 0 Å². The van der Waals surface area contributed by atoms with E-state index in [1.54, 1.807) is 0 Å². The second-order valence-electron chi connectivity index (χ2n) is 2.13. The second kappa shape index (κ2) is 2.15. The number of aromatic nitrogens is 2. The highest BCUT2D eigenvalue weighted by atomic mass is 15.4. The van der Waals surface area contributed by atoms with Gasteiger partial charge in [0.1, 0.15) is 0 Å². The van der Waals surface area contributed by atoms with Crippen LogP contribution in [0.5, 0.6) is 0 Å². The average molecular weight is 136 g/mol. The van der Waals surface area contributed by atoms with Crippen LogP contribution >= 0.6 is 0 Å². The lowest BCUT2D eigenvalue weighted by Gasteiger charge is -1.90. The van der Waals surface area contributed by atoms with Crippen LogP contribution in [0.25, 0.3) is 5.57 Å². The molecule has 0 saturated heterocycles. The summed E-state index contributed by atoms with van der Waals surface area (Å²) in [5.41, 5.74) is 8.04. The third-order valence-corrected chi connectivity index (χ3v) is 1.46. The molecule has 52 valence electrons. The summed E-state index contributed by atoms with van der Waals surface area (Å²) >= 11 is 0. The Morgan fingerprint density at radius 3 is 3.10 bits per heavy atom. The lowest BCUT2D eigenvalue weighted by Crippen LogP contribution is -2.20. The number of hydrogen-bond acceptors (Lipinski definition) is 3. The fraction of sp³-hybridized carbons (Fsp3) is 0.167. The molecule has 0 radical (unpaired) electrons. The van der Waals surface area contributed by atoms with Gasteiger partial charge in [-0.2, -0.15) is 5.10 Å². The first-order valence-corrected chi connectivity index (χ1v) is 3.14. The van der Waals surface area contributed by atoms with Gasteiger partial charge in [0, 0.05) is 24.5 Å². The first-order chi connectivity index (χ1) is 4.97. The Morgan fingerprint density at radius 1 is 1.50 bits per heavy atom. The van der Waals surface area contributed by atoms with Crippen LogP contribution in [0.2, 0.25) is 0 Å². The molecule has 4 nitrogen and oxygen atoms in total. The maximum Gasteiger partial charge on any atom is 0.0908 e. The number of hydrogen-bond donors (Lipinski definition) is 3. The van der Waals surface area contributed by atoms with Gasteiger partial charge in [-0.3, -0.25) is 5.10 Å². The van der Waals surface area contributed by atoms with E-state index in [1.165, 1.54) is 5.57 Å². The van der Waals surface area contributed by atoms with Gasteiger partial charge in [0.05, 0.1) is 5.69 Å². The second-order valence-corrected chi connectivity index (χ2v) is 2.13. The number of nitrogens with zero attached hydrogens (tertiary/aromatic N) is 1. The maximum atomic E-state index is 4.02. The third kappa shape index (κ3) is 0.784. The molecule has 0 aliphatic carbocycles.